The van der Waals surface area contributed by atoms with E-state index in [4.69, 9.17) is 9.47 Å². The van der Waals surface area contributed by atoms with Gasteiger partial charge < -0.3 is 9.47 Å². The highest BCUT2D eigenvalue weighted by atomic mass is 16.7. The fraction of sp³-hybridized carbons (Fsp3) is 0.269. The highest BCUT2D eigenvalue weighted by molar-refractivity contribution is 5.92. The lowest BCUT2D eigenvalue weighted by Gasteiger charge is -2.37. The molecule has 0 aromatic heterocycles. The molecule has 3 rings (SSSR count). The number of hydrogen-bond acceptors (Lipinski definition) is 3. The Morgan fingerprint density at radius 2 is 1.07 bits per heavy atom. The summed E-state index contributed by atoms with van der Waals surface area (Å²) < 4.78 is 12.8. The summed E-state index contributed by atoms with van der Waals surface area (Å²) in [6, 6.07) is 24.7. The molecule has 0 saturated heterocycles. The van der Waals surface area contributed by atoms with Crippen molar-refractivity contribution < 1.29 is 14.3 Å². The van der Waals surface area contributed by atoms with Crippen molar-refractivity contribution in [2.24, 2.45) is 5.41 Å². The third kappa shape index (κ3) is 4.68. The molecule has 0 bridgehead atoms. The van der Waals surface area contributed by atoms with Crippen LogP contribution in [0.5, 0.6) is 11.5 Å². The average molecular weight is 389 g/mol. The SMILES string of the molecule is Cc1ccc(OC(Oc2ccc(C)cc2)(C(=O)C(C)(C)C)c2ccccc2)cc1. The number of hydrogen-bond donors (Lipinski definition) is 0. The number of ketones is 1. The van der Waals surface area contributed by atoms with Crippen molar-refractivity contribution in [1.29, 1.82) is 0 Å². The van der Waals surface area contributed by atoms with Gasteiger partial charge in [-0.25, -0.2) is 0 Å². The molecule has 29 heavy (non-hydrogen) atoms. The van der Waals surface area contributed by atoms with Crippen molar-refractivity contribution in [2.75, 3.05) is 0 Å². The first-order chi connectivity index (χ1) is 13.7. The van der Waals surface area contributed by atoms with Crippen LogP contribution in [0.15, 0.2) is 78.9 Å². The van der Waals surface area contributed by atoms with Crippen molar-refractivity contribution in [3.05, 3.63) is 95.6 Å². The number of carbonyl (C=O) groups is 1. The largest absolute Gasteiger partial charge is 0.442 e. The van der Waals surface area contributed by atoms with Gasteiger partial charge in [0.2, 0.25) is 5.78 Å². The van der Waals surface area contributed by atoms with E-state index < -0.39 is 11.2 Å². The zero-order valence-corrected chi connectivity index (χ0v) is 17.7. The Kier molecular flexibility index (Phi) is 5.78. The average Bonchev–Trinajstić information content (AvgIpc) is 2.70. The summed E-state index contributed by atoms with van der Waals surface area (Å²) in [5.74, 6) is -0.616. The van der Waals surface area contributed by atoms with Crippen LogP contribution in [0.25, 0.3) is 0 Å². The van der Waals surface area contributed by atoms with E-state index in [1.807, 2.05) is 113 Å². The molecule has 0 amide bonds. The topological polar surface area (TPSA) is 35.5 Å². The first kappa shape index (κ1) is 20.7. The van der Waals surface area contributed by atoms with Crippen LogP contribution in [0.2, 0.25) is 0 Å². The van der Waals surface area contributed by atoms with Gasteiger partial charge in [-0.1, -0.05) is 86.5 Å². The lowest BCUT2D eigenvalue weighted by atomic mass is 9.82. The standard InChI is InChI=1S/C26H28O3/c1-19-11-15-22(16-12-19)28-26(24(27)25(3,4)5,21-9-7-6-8-10-21)29-23-17-13-20(2)14-18-23/h6-18H,1-5H3. The van der Waals surface area contributed by atoms with Crippen molar-refractivity contribution >= 4 is 5.78 Å². The molecule has 0 saturated carbocycles. The molecule has 0 atom stereocenters. The van der Waals surface area contributed by atoms with E-state index in [0.717, 1.165) is 11.1 Å². The van der Waals surface area contributed by atoms with Crippen molar-refractivity contribution in [1.82, 2.24) is 0 Å². The van der Waals surface area contributed by atoms with E-state index in [2.05, 4.69) is 0 Å². The van der Waals surface area contributed by atoms with Crippen LogP contribution >= 0.6 is 0 Å². The maximum absolute atomic E-state index is 13.8. The first-order valence-corrected chi connectivity index (χ1v) is 9.82. The molecule has 3 aromatic carbocycles. The zero-order chi connectivity index (χ0) is 21.1. The molecule has 0 aliphatic carbocycles. The second-order valence-electron chi connectivity index (χ2n) is 8.39. The van der Waals surface area contributed by atoms with Gasteiger partial charge in [0.25, 0.3) is 0 Å². The van der Waals surface area contributed by atoms with Crippen molar-refractivity contribution in [2.45, 2.75) is 40.4 Å². The molecule has 0 radical (unpaired) electrons. The normalized spacial score (nSPS) is 11.8. The monoisotopic (exact) mass is 388 g/mol. The van der Waals surface area contributed by atoms with Gasteiger partial charge in [0.15, 0.2) is 0 Å². The van der Waals surface area contributed by atoms with Gasteiger partial charge in [-0.15, -0.1) is 0 Å². The zero-order valence-electron chi connectivity index (χ0n) is 17.7. The Morgan fingerprint density at radius 1 is 0.655 bits per heavy atom. The maximum Gasteiger partial charge on any atom is 0.339 e. The fourth-order valence-electron chi connectivity index (χ4n) is 3.06. The molecule has 0 aliphatic heterocycles. The van der Waals surface area contributed by atoms with Gasteiger partial charge in [0.05, 0.1) is 0 Å². The minimum atomic E-state index is -1.61. The molecule has 0 aliphatic rings. The Labute approximate surface area is 173 Å². The summed E-state index contributed by atoms with van der Waals surface area (Å²) >= 11 is 0. The van der Waals surface area contributed by atoms with Crippen LogP contribution in [0, 0.1) is 19.3 Å². The highest BCUT2D eigenvalue weighted by Crippen LogP contribution is 2.38. The number of Topliss-reactive ketones (excluding diaryl/α,β-unsaturated/α-hetero) is 1. The van der Waals surface area contributed by atoms with E-state index in [-0.39, 0.29) is 5.78 Å². The number of carbonyl (C=O) groups excluding carboxylic acids is 1. The molecule has 0 spiro atoms. The third-order valence-electron chi connectivity index (χ3n) is 4.70. The summed E-state index contributed by atoms with van der Waals surface area (Å²) in [7, 11) is 0. The van der Waals surface area contributed by atoms with E-state index in [9.17, 15) is 4.79 Å². The number of aryl methyl sites for hydroxylation is 2. The van der Waals surface area contributed by atoms with Crippen LogP contribution in [-0.4, -0.2) is 5.78 Å². The van der Waals surface area contributed by atoms with Crippen LogP contribution in [0.4, 0.5) is 0 Å². The van der Waals surface area contributed by atoms with Crippen molar-refractivity contribution in [3.63, 3.8) is 0 Å². The van der Waals surface area contributed by atoms with Crippen LogP contribution in [-0.2, 0) is 10.6 Å². The fourth-order valence-corrected chi connectivity index (χ4v) is 3.06. The Bertz CT molecular complexity index is 902. The predicted molar refractivity (Wildman–Crippen MR) is 116 cm³/mol. The quantitative estimate of drug-likeness (QED) is 0.470. The Balaban J connectivity index is 2.18. The summed E-state index contributed by atoms with van der Waals surface area (Å²) in [6.45, 7) is 9.66. The van der Waals surface area contributed by atoms with Gasteiger partial charge in [-0.3, -0.25) is 4.79 Å². The minimum Gasteiger partial charge on any atom is -0.442 e. The second-order valence-corrected chi connectivity index (χ2v) is 8.39. The number of ether oxygens (including phenoxy) is 2. The van der Waals surface area contributed by atoms with Crippen LogP contribution < -0.4 is 9.47 Å². The predicted octanol–water partition coefficient (Wildman–Crippen LogP) is 6.23. The molecule has 150 valence electrons. The van der Waals surface area contributed by atoms with E-state index in [1.54, 1.807) is 0 Å². The molecule has 0 unspecified atom stereocenters. The van der Waals surface area contributed by atoms with Gasteiger partial charge in [-0.05, 0) is 38.1 Å². The number of benzene rings is 3. The van der Waals surface area contributed by atoms with Crippen molar-refractivity contribution in [3.8, 4) is 11.5 Å². The summed E-state index contributed by atoms with van der Waals surface area (Å²) in [5.41, 5.74) is 2.19. The molecule has 3 nitrogen and oxygen atoms in total. The lowest BCUT2D eigenvalue weighted by molar-refractivity contribution is -0.176. The lowest BCUT2D eigenvalue weighted by Crippen LogP contribution is -2.52. The summed E-state index contributed by atoms with van der Waals surface area (Å²) in [4.78, 5) is 13.8. The molecular formula is C26H28O3. The molecule has 0 fully saturated rings. The van der Waals surface area contributed by atoms with Gasteiger partial charge >= 0.3 is 5.79 Å². The number of rotatable bonds is 6. The smallest absolute Gasteiger partial charge is 0.339 e. The summed E-state index contributed by atoms with van der Waals surface area (Å²) in [6.07, 6.45) is 0. The van der Waals surface area contributed by atoms with Gasteiger partial charge in [-0.2, -0.15) is 0 Å². The molecule has 3 heteroatoms. The van der Waals surface area contributed by atoms with E-state index in [0.29, 0.717) is 17.1 Å². The minimum absolute atomic E-state index is 0.155. The molecule has 0 heterocycles. The highest BCUT2D eigenvalue weighted by Gasteiger charge is 2.50. The van der Waals surface area contributed by atoms with Crippen LogP contribution in [0.1, 0.15) is 37.5 Å². The maximum atomic E-state index is 13.8. The Hall–Kier alpha value is -3.07. The molecule has 3 aromatic rings. The van der Waals surface area contributed by atoms with Gasteiger partial charge in [0.1, 0.15) is 11.5 Å². The third-order valence-corrected chi connectivity index (χ3v) is 4.70. The molecule has 0 N–H and O–H groups in total. The van der Waals surface area contributed by atoms with E-state index >= 15 is 0 Å². The van der Waals surface area contributed by atoms with Crippen LogP contribution in [0.3, 0.4) is 0 Å². The molecular weight excluding hydrogens is 360 g/mol. The second kappa shape index (κ2) is 8.12. The van der Waals surface area contributed by atoms with E-state index in [1.165, 1.54) is 0 Å². The Morgan fingerprint density at radius 3 is 1.45 bits per heavy atom. The summed E-state index contributed by atoms with van der Waals surface area (Å²) in [5, 5.41) is 0. The van der Waals surface area contributed by atoms with Gasteiger partial charge in [0, 0.05) is 11.0 Å². The first-order valence-electron chi connectivity index (χ1n) is 9.82.